The summed E-state index contributed by atoms with van der Waals surface area (Å²) in [6.45, 7) is 5.10. The van der Waals surface area contributed by atoms with E-state index in [9.17, 15) is 0 Å². The van der Waals surface area contributed by atoms with Crippen molar-refractivity contribution in [1.82, 2.24) is 15.0 Å². The number of likely N-dealkylation sites (tertiary alicyclic amines) is 1. The molecule has 0 aromatic carbocycles. The molecule has 0 amide bonds. The van der Waals surface area contributed by atoms with Crippen molar-refractivity contribution < 1.29 is 9.26 Å². The van der Waals surface area contributed by atoms with Gasteiger partial charge in [-0.15, -0.1) is 0 Å². The second-order valence-corrected chi connectivity index (χ2v) is 5.54. The van der Waals surface area contributed by atoms with Gasteiger partial charge < -0.3 is 9.26 Å². The lowest BCUT2D eigenvalue weighted by Crippen LogP contribution is -2.35. The lowest BCUT2D eigenvalue weighted by Gasteiger charge is -2.29. The third-order valence-corrected chi connectivity index (χ3v) is 4.16. The van der Waals surface area contributed by atoms with Gasteiger partial charge in [0.1, 0.15) is 0 Å². The molecule has 2 saturated heterocycles. The third kappa shape index (κ3) is 2.98. The number of nitrogens with zero attached hydrogens (tertiary/aromatic N) is 3. The minimum atomic E-state index is 0.328. The third-order valence-electron chi connectivity index (χ3n) is 4.16. The molecule has 0 aliphatic carbocycles. The molecule has 0 bridgehead atoms. The van der Waals surface area contributed by atoms with Gasteiger partial charge in [-0.25, -0.2) is 0 Å². The first-order chi connectivity index (χ1) is 9.36. The molecule has 2 aliphatic rings. The molecule has 5 heteroatoms. The van der Waals surface area contributed by atoms with Gasteiger partial charge in [-0.1, -0.05) is 12.1 Å². The summed E-state index contributed by atoms with van der Waals surface area (Å²) in [4.78, 5) is 6.97. The van der Waals surface area contributed by atoms with Gasteiger partial charge in [0.25, 0.3) is 0 Å². The molecular formula is C14H23N3O2. The van der Waals surface area contributed by atoms with Crippen LogP contribution in [0.1, 0.15) is 56.8 Å². The van der Waals surface area contributed by atoms with E-state index >= 15 is 0 Å². The average molecular weight is 265 g/mol. The summed E-state index contributed by atoms with van der Waals surface area (Å²) in [6.07, 6.45) is 7.26. The molecule has 19 heavy (non-hydrogen) atoms. The fourth-order valence-electron chi connectivity index (χ4n) is 3.10. The van der Waals surface area contributed by atoms with E-state index in [1.807, 2.05) is 6.92 Å². The molecule has 3 heterocycles. The highest BCUT2D eigenvalue weighted by Gasteiger charge is 2.32. The molecule has 3 rings (SSSR count). The van der Waals surface area contributed by atoms with Crippen molar-refractivity contribution in [2.24, 2.45) is 0 Å². The zero-order valence-corrected chi connectivity index (χ0v) is 11.7. The second kappa shape index (κ2) is 6.01. The zero-order valence-electron chi connectivity index (χ0n) is 11.7. The number of ether oxygens (including phenoxy) is 1. The van der Waals surface area contributed by atoms with E-state index in [2.05, 4.69) is 15.0 Å². The molecule has 0 N–H and O–H groups in total. The Kier molecular flexibility index (Phi) is 4.13. The van der Waals surface area contributed by atoms with Crippen LogP contribution in [-0.2, 0) is 11.2 Å². The van der Waals surface area contributed by atoms with Crippen LogP contribution in [0.15, 0.2) is 4.52 Å². The smallest absolute Gasteiger partial charge is 0.226 e. The lowest BCUT2D eigenvalue weighted by molar-refractivity contribution is -0.00870. The highest BCUT2D eigenvalue weighted by Crippen LogP contribution is 2.31. The molecule has 2 aliphatic heterocycles. The number of aromatic nitrogens is 2. The largest absolute Gasteiger partial charge is 0.377 e. The SMILES string of the molecule is CCc1nc(C2CCCN2CC2CCCCO2)no1. The summed E-state index contributed by atoms with van der Waals surface area (Å²) in [7, 11) is 0. The van der Waals surface area contributed by atoms with Crippen molar-refractivity contribution in [1.29, 1.82) is 0 Å². The maximum absolute atomic E-state index is 5.84. The van der Waals surface area contributed by atoms with Crippen LogP contribution >= 0.6 is 0 Å². The predicted molar refractivity (Wildman–Crippen MR) is 70.8 cm³/mol. The number of aryl methyl sites for hydroxylation is 1. The Labute approximate surface area is 114 Å². The van der Waals surface area contributed by atoms with E-state index in [4.69, 9.17) is 9.26 Å². The fraction of sp³-hybridized carbons (Fsp3) is 0.857. The Balaban J connectivity index is 1.63. The number of hydrogen-bond acceptors (Lipinski definition) is 5. The van der Waals surface area contributed by atoms with Crippen LogP contribution < -0.4 is 0 Å². The van der Waals surface area contributed by atoms with E-state index < -0.39 is 0 Å². The first-order valence-corrected chi connectivity index (χ1v) is 7.55. The van der Waals surface area contributed by atoms with Crippen LogP contribution in [-0.4, -0.2) is 40.8 Å². The lowest BCUT2D eigenvalue weighted by atomic mass is 10.1. The monoisotopic (exact) mass is 265 g/mol. The first kappa shape index (κ1) is 13.1. The molecule has 1 aromatic rings. The number of rotatable bonds is 4. The van der Waals surface area contributed by atoms with Gasteiger partial charge in [-0.3, -0.25) is 4.90 Å². The van der Waals surface area contributed by atoms with Crippen molar-refractivity contribution >= 4 is 0 Å². The topological polar surface area (TPSA) is 51.4 Å². The Morgan fingerprint density at radius 3 is 2.95 bits per heavy atom. The van der Waals surface area contributed by atoms with Crippen molar-refractivity contribution in [2.75, 3.05) is 19.7 Å². The normalized spacial score (nSPS) is 28.9. The minimum absolute atomic E-state index is 0.328. The summed E-state index contributed by atoms with van der Waals surface area (Å²) >= 11 is 0. The van der Waals surface area contributed by atoms with Crippen LogP contribution in [0.5, 0.6) is 0 Å². The average Bonchev–Trinajstić information content (AvgIpc) is 3.08. The van der Waals surface area contributed by atoms with Gasteiger partial charge in [0, 0.05) is 19.6 Å². The maximum atomic E-state index is 5.84. The summed E-state index contributed by atoms with van der Waals surface area (Å²) < 4.78 is 11.1. The Morgan fingerprint density at radius 1 is 1.26 bits per heavy atom. The predicted octanol–water partition coefficient (Wildman–Crippen LogP) is 2.34. The Hall–Kier alpha value is -0.940. The molecule has 0 spiro atoms. The molecule has 0 radical (unpaired) electrons. The molecule has 2 unspecified atom stereocenters. The van der Waals surface area contributed by atoms with Crippen LogP contribution in [0.3, 0.4) is 0 Å². The van der Waals surface area contributed by atoms with Gasteiger partial charge in [0.2, 0.25) is 5.89 Å². The summed E-state index contributed by atoms with van der Waals surface area (Å²) in [5.41, 5.74) is 0. The molecule has 2 fully saturated rings. The van der Waals surface area contributed by atoms with E-state index in [1.54, 1.807) is 0 Å². The summed E-state index contributed by atoms with van der Waals surface area (Å²) in [5.74, 6) is 1.61. The van der Waals surface area contributed by atoms with Crippen LogP contribution in [0.2, 0.25) is 0 Å². The quantitative estimate of drug-likeness (QED) is 0.836. The molecule has 1 aromatic heterocycles. The Bertz CT molecular complexity index is 401. The molecule has 2 atom stereocenters. The maximum Gasteiger partial charge on any atom is 0.226 e. The second-order valence-electron chi connectivity index (χ2n) is 5.54. The van der Waals surface area contributed by atoms with E-state index in [-0.39, 0.29) is 0 Å². The Morgan fingerprint density at radius 2 is 2.21 bits per heavy atom. The molecule has 106 valence electrons. The van der Waals surface area contributed by atoms with E-state index in [1.165, 1.54) is 25.7 Å². The van der Waals surface area contributed by atoms with Crippen LogP contribution in [0.25, 0.3) is 0 Å². The van der Waals surface area contributed by atoms with Crippen molar-refractivity contribution in [3.63, 3.8) is 0 Å². The van der Waals surface area contributed by atoms with E-state index in [0.717, 1.165) is 44.3 Å². The fourth-order valence-corrected chi connectivity index (χ4v) is 3.10. The summed E-state index contributed by atoms with van der Waals surface area (Å²) in [6, 6.07) is 0.328. The van der Waals surface area contributed by atoms with Crippen molar-refractivity contribution in [2.45, 2.75) is 57.6 Å². The van der Waals surface area contributed by atoms with Gasteiger partial charge in [-0.05, 0) is 38.6 Å². The molecule has 5 nitrogen and oxygen atoms in total. The van der Waals surface area contributed by atoms with E-state index in [0.29, 0.717) is 12.1 Å². The highest BCUT2D eigenvalue weighted by atomic mass is 16.5. The minimum Gasteiger partial charge on any atom is -0.377 e. The van der Waals surface area contributed by atoms with Gasteiger partial charge >= 0.3 is 0 Å². The number of hydrogen-bond donors (Lipinski definition) is 0. The van der Waals surface area contributed by atoms with Gasteiger partial charge in [0.05, 0.1) is 12.1 Å². The zero-order chi connectivity index (χ0) is 13.1. The standard InChI is InChI=1S/C14H23N3O2/c1-2-13-15-14(16-19-13)12-7-5-8-17(12)10-11-6-3-4-9-18-11/h11-12H,2-10H2,1H3. The first-order valence-electron chi connectivity index (χ1n) is 7.55. The van der Waals surface area contributed by atoms with Gasteiger partial charge in [0.15, 0.2) is 5.82 Å². The van der Waals surface area contributed by atoms with Crippen molar-refractivity contribution in [3.05, 3.63) is 11.7 Å². The van der Waals surface area contributed by atoms with Crippen LogP contribution in [0, 0.1) is 0 Å². The van der Waals surface area contributed by atoms with Gasteiger partial charge in [-0.2, -0.15) is 4.98 Å². The van der Waals surface area contributed by atoms with Crippen LogP contribution in [0.4, 0.5) is 0 Å². The van der Waals surface area contributed by atoms with Crippen molar-refractivity contribution in [3.8, 4) is 0 Å². The highest BCUT2D eigenvalue weighted by molar-refractivity contribution is 4.98. The molecular weight excluding hydrogens is 242 g/mol. The molecule has 0 saturated carbocycles. The summed E-state index contributed by atoms with van der Waals surface area (Å²) in [5, 5.41) is 4.14.